The van der Waals surface area contributed by atoms with Gasteiger partial charge in [-0.1, -0.05) is 24.4 Å². The Balaban J connectivity index is 1.36. The number of carbonyl (C=O) groups is 2. The molecule has 2 aliphatic heterocycles. The van der Waals surface area contributed by atoms with Gasteiger partial charge in [0.15, 0.2) is 0 Å². The predicted molar refractivity (Wildman–Crippen MR) is 150 cm³/mol. The summed E-state index contributed by atoms with van der Waals surface area (Å²) >= 11 is 6.56. The van der Waals surface area contributed by atoms with Gasteiger partial charge in [-0.15, -0.1) is 0 Å². The Hall–Kier alpha value is -3.20. The summed E-state index contributed by atoms with van der Waals surface area (Å²) in [5, 5.41) is 21.4. The van der Waals surface area contributed by atoms with Gasteiger partial charge >= 0.3 is 0 Å². The molecule has 1 aliphatic carbocycles. The van der Waals surface area contributed by atoms with Gasteiger partial charge in [-0.25, -0.2) is 0 Å². The van der Waals surface area contributed by atoms with Crippen molar-refractivity contribution in [3.8, 4) is 5.75 Å². The molecule has 0 radical (unpaired) electrons. The molecular formula is C28H39ClN6O3. The molecule has 1 saturated heterocycles. The number of anilines is 1. The number of hydrogen-bond donors (Lipinski definition) is 5. The second-order valence-electron chi connectivity index (χ2n) is 10.0. The number of halogens is 1. The fourth-order valence-electron chi connectivity index (χ4n) is 5.30. The molecule has 2 heterocycles. The van der Waals surface area contributed by atoms with Crippen LogP contribution in [0.4, 0.5) is 5.69 Å². The molecule has 9 nitrogen and oxygen atoms in total. The van der Waals surface area contributed by atoms with Crippen LogP contribution in [0.3, 0.4) is 0 Å². The summed E-state index contributed by atoms with van der Waals surface area (Å²) in [6, 6.07) is 5.37. The van der Waals surface area contributed by atoms with Crippen LogP contribution < -0.4 is 26.0 Å². The summed E-state index contributed by atoms with van der Waals surface area (Å²) in [6.45, 7) is 4.45. The molecule has 3 aliphatic rings. The van der Waals surface area contributed by atoms with Crippen LogP contribution in [0.15, 0.2) is 41.2 Å². The van der Waals surface area contributed by atoms with Gasteiger partial charge < -0.3 is 30.9 Å². The number of hydrogen-bond acceptors (Lipinski definition) is 6. The SMILES string of the molecule is CCNC(=O)C1=CC(C(=N)Nc2ccc(OC3CCN(C(=O)C4CCCC4)CC3)c(Cl)c2)=C(NC)NCC1. The summed E-state index contributed by atoms with van der Waals surface area (Å²) < 4.78 is 6.20. The van der Waals surface area contributed by atoms with E-state index in [1.165, 1.54) is 0 Å². The standard InChI is InChI=1S/C28H39ClN6O3/c1-3-32-27(36)19-10-13-33-26(31-2)22(16-19)25(30)34-20-8-9-24(23(29)17-20)38-21-11-14-35(15-12-21)28(37)18-6-4-5-7-18/h8-9,16-18,21,31,33H,3-7,10-15H2,1-2H3,(H2,30,34)(H,32,36). The number of rotatable bonds is 8. The Kier molecular flexibility index (Phi) is 9.55. The average molecular weight is 543 g/mol. The molecule has 0 unspecified atom stereocenters. The maximum Gasteiger partial charge on any atom is 0.247 e. The van der Waals surface area contributed by atoms with Gasteiger partial charge in [-0.2, -0.15) is 0 Å². The monoisotopic (exact) mass is 542 g/mol. The first-order valence-corrected chi connectivity index (χ1v) is 14.0. The van der Waals surface area contributed by atoms with Gasteiger partial charge in [0.1, 0.15) is 23.5 Å². The number of likely N-dealkylation sites (tertiary alicyclic amines) is 1. The lowest BCUT2D eigenvalue weighted by molar-refractivity contribution is -0.137. The van der Waals surface area contributed by atoms with Crippen molar-refractivity contribution in [3.63, 3.8) is 0 Å². The number of ether oxygens (including phenoxy) is 1. The minimum absolute atomic E-state index is 0.00969. The molecule has 0 spiro atoms. The minimum Gasteiger partial charge on any atom is -0.489 e. The van der Waals surface area contributed by atoms with E-state index in [2.05, 4.69) is 21.3 Å². The molecule has 1 aromatic carbocycles. The van der Waals surface area contributed by atoms with Crippen molar-refractivity contribution in [2.75, 3.05) is 38.5 Å². The molecule has 5 N–H and O–H groups in total. The highest BCUT2D eigenvalue weighted by atomic mass is 35.5. The van der Waals surface area contributed by atoms with Crippen molar-refractivity contribution in [3.05, 3.63) is 46.3 Å². The third-order valence-electron chi connectivity index (χ3n) is 7.39. The van der Waals surface area contributed by atoms with Crippen molar-refractivity contribution in [2.45, 2.75) is 58.0 Å². The summed E-state index contributed by atoms with van der Waals surface area (Å²) in [5.74, 6) is 1.79. The number of amides is 2. The van der Waals surface area contributed by atoms with Crippen LogP contribution in [-0.4, -0.2) is 61.9 Å². The Morgan fingerprint density at radius 1 is 1.18 bits per heavy atom. The molecule has 4 rings (SSSR count). The Morgan fingerprint density at radius 2 is 1.92 bits per heavy atom. The van der Waals surface area contributed by atoms with E-state index < -0.39 is 0 Å². The fraction of sp³-hybridized carbons (Fsp3) is 0.536. The molecule has 2 fully saturated rings. The van der Waals surface area contributed by atoms with E-state index in [1.807, 2.05) is 24.0 Å². The van der Waals surface area contributed by atoms with E-state index in [0.29, 0.717) is 58.8 Å². The van der Waals surface area contributed by atoms with Crippen molar-refractivity contribution in [1.82, 2.24) is 20.9 Å². The smallest absolute Gasteiger partial charge is 0.247 e. The first-order chi connectivity index (χ1) is 18.4. The lowest BCUT2D eigenvalue weighted by atomic mass is 10.0. The Labute approximate surface area is 229 Å². The van der Waals surface area contributed by atoms with Crippen LogP contribution in [0, 0.1) is 11.3 Å². The molecule has 1 saturated carbocycles. The van der Waals surface area contributed by atoms with Gasteiger partial charge in [-0.3, -0.25) is 15.0 Å². The Morgan fingerprint density at radius 3 is 2.58 bits per heavy atom. The molecule has 0 aromatic heterocycles. The molecule has 1 aromatic rings. The molecule has 206 valence electrons. The second kappa shape index (κ2) is 13.0. The highest BCUT2D eigenvalue weighted by Gasteiger charge is 2.30. The van der Waals surface area contributed by atoms with Gasteiger partial charge in [-0.05, 0) is 50.5 Å². The number of amidine groups is 1. The lowest BCUT2D eigenvalue weighted by Crippen LogP contribution is -2.44. The number of nitrogens with zero attached hydrogens (tertiary/aromatic N) is 1. The van der Waals surface area contributed by atoms with Crippen molar-refractivity contribution < 1.29 is 14.3 Å². The third kappa shape index (κ3) is 6.81. The zero-order chi connectivity index (χ0) is 27.1. The van der Waals surface area contributed by atoms with E-state index in [4.69, 9.17) is 21.7 Å². The summed E-state index contributed by atoms with van der Waals surface area (Å²) in [4.78, 5) is 27.1. The van der Waals surface area contributed by atoms with Crippen molar-refractivity contribution in [2.24, 2.45) is 5.92 Å². The normalized spacial score (nSPS) is 18.8. The number of nitrogens with one attached hydrogen (secondary N) is 5. The van der Waals surface area contributed by atoms with Crippen LogP contribution in [0.25, 0.3) is 0 Å². The maximum atomic E-state index is 12.7. The second-order valence-corrected chi connectivity index (χ2v) is 10.4. The topological polar surface area (TPSA) is 119 Å². The average Bonchev–Trinajstić information content (AvgIpc) is 3.36. The molecule has 10 heteroatoms. The Bertz CT molecular complexity index is 1100. The first-order valence-electron chi connectivity index (χ1n) is 13.6. The first kappa shape index (κ1) is 27.8. The zero-order valence-electron chi connectivity index (χ0n) is 22.3. The van der Waals surface area contributed by atoms with E-state index in [9.17, 15) is 9.59 Å². The largest absolute Gasteiger partial charge is 0.489 e. The highest BCUT2D eigenvalue weighted by molar-refractivity contribution is 6.32. The quantitative estimate of drug-likeness (QED) is 0.252. The van der Waals surface area contributed by atoms with Crippen LogP contribution >= 0.6 is 11.6 Å². The van der Waals surface area contributed by atoms with Crippen LogP contribution in [0.1, 0.15) is 51.9 Å². The number of piperidine rings is 1. The van der Waals surface area contributed by atoms with E-state index in [1.54, 1.807) is 19.2 Å². The van der Waals surface area contributed by atoms with Gasteiger partial charge in [0.05, 0.1) is 10.6 Å². The molecular weight excluding hydrogens is 504 g/mol. The zero-order valence-corrected chi connectivity index (χ0v) is 23.0. The van der Waals surface area contributed by atoms with E-state index in [0.717, 1.165) is 51.6 Å². The predicted octanol–water partition coefficient (Wildman–Crippen LogP) is 3.78. The molecule has 38 heavy (non-hydrogen) atoms. The molecule has 0 bridgehead atoms. The van der Waals surface area contributed by atoms with Gasteiger partial charge in [0.2, 0.25) is 11.8 Å². The number of benzene rings is 1. The third-order valence-corrected chi connectivity index (χ3v) is 7.68. The summed E-state index contributed by atoms with van der Waals surface area (Å²) in [5.41, 5.74) is 1.81. The van der Waals surface area contributed by atoms with Gasteiger partial charge in [0, 0.05) is 63.2 Å². The molecule has 2 amide bonds. The highest BCUT2D eigenvalue weighted by Crippen LogP contribution is 2.32. The number of likely N-dealkylation sites (N-methyl/N-ethyl adjacent to an activating group) is 1. The van der Waals surface area contributed by atoms with Crippen LogP contribution in [0.5, 0.6) is 5.75 Å². The van der Waals surface area contributed by atoms with Crippen LogP contribution in [0.2, 0.25) is 5.02 Å². The van der Waals surface area contributed by atoms with E-state index >= 15 is 0 Å². The minimum atomic E-state index is -0.129. The van der Waals surface area contributed by atoms with Crippen molar-refractivity contribution >= 4 is 34.9 Å². The van der Waals surface area contributed by atoms with E-state index in [-0.39, 0.29) is 23.8 Å². The lowest BCUT2D eigenvalue weighted by Gasteiger charge is -2.33. The molecule has 0 atom stereocenters. The summed E-state index contributed by atoms with van der Waals surface area (Å²) in [6.07, 6.45) is 8.26. The number of carbonyl (C=O) groups excluding carboxylic acids is 2. The maximum absolute atomic E-state index is 12.7. The van der Waals surface area contributed by atoms with Gasteiger partial charge in [0.25, 0.3) is 0 Å². The summed E-state index contributed by atoms with van der Waals surface area (Å²) in [7, 11) is 1.78. The fourth-order valence-corrected chi connectivity index (χ4v) is 5.52. The van der Waals surface area contributed by atoms with Crippen molar-refractivity contribution in [1.29, 1.82) is 5.41 Å². The van der Waals surface area contributed by atoms with Crippen LogP contribution in [-0.2, 0) is 9.59 Å².